The highest BCUT2D eigenvalue weighted by Crippen LogP contribution is 2.38. The van der Waals surface area contributed by atoms with Crippen LogP contribution in [0, 0.1) is 0 Å². The molecule has 0 spiro atoms. The van der Waals surface area contributed by atoms with Gasteiger partial charge in [0.25, 0.3) is 0 Å². The summed E-state index contributed by atoms with van der Waals surface area (Å²) in [5.41, 5.74) is 6.12. The van der Waals surface area contributed by atoms with Crippen molar-refractivity contribution in [2.75, 3.05) is 20.2 Å². The van der Waals surface area contributed by atoms with Gasteiger partial charge in [0.05, 0.1) is 0 Å². The van der Waals surface area contributed by atoms with Crippen LogP contribution >= 0.6 is 0 Å². The zero-order valence-electron chi connectivity index (χ0n) is 9.83. The summed E-state index contributed by atoms with van der Waals surface area (Å²) in [5, 5.41) is 0. The highest BCUT2D eigenvalue weighted by Gasteiger charge is 2.27. The van der Waals surface area contributed by atoms with Crippen molar-refractivity contribution in [2.45, 2.75) is 12.7 Å². The van der Waals surface area contributed by atoms with Gasteiger partial charge in [0, 0.05) is 18.2 Å². The summed E-state index contributed by atoms with van der Waals surface area (Å²) < 4.78 is 55.4. The first-order chi connectivity index (χ1) is 8.99. The maximum absolute atomic E-state index is 11.9. The van der Waals surface area contributed by atoms with Crippen LogP contribution < -0.4 is 19.9 Å². The van der Waals surface area contributed by atoms with Crippen LogP contribution in [-0.2, 0) is 11.3 Å². The van der Waals surface area contributed by atoms with E-state index in [0.29, 0.717) is 22.8 Å². The largest absolute Gasteiger partial charge is 0.467 e. The molecule has 8 heteroatoms. The number of halogens is 3. The van der Waals surface area contributed by atoms with Crippen molar-refractivity contribution < 1.29 is 32.1 Å². The highest BCUT2D eigenvalue weighted by atomic mass is 19.4. The third-order valence-electron chi connectivity index (χ3n) is 2.34. The topological polar surface area (TPSA) is 62.9 Å². The number of ether oxygens (including phenoxy) is 4. The third kappa shape index (κ3) is 3.65. The minimum absolute atomic E-state index is 0.0906. The predicted molar refractivity (Wildman–Crippen MR) is 58.0 cm³/mol. The summed E-state index contributed by atoms with van der Waals surface area (Å²) in [5.74, 6) is 1.31. The van der Waals surface area contributed by atoms with Crippen LogP contribution in [0.3, 0.4) is 0 Å². The van der Waals surface area contributed by atoms with Crippen LogP contribution in [0.15, 0.2) is 12.1 Å². The van der Waals surface area contributed by atoms with E-state index in [0.717, 1.165) is 0 Å². The Hall–Kier alpha value is -1.67. The van der Waals surface area contributed by atoms with Gasteiger partial charge in [-0.05, 0) is 6.07 Å². The van der Waals surface area contributed by atoms with Crippen LogP contribution in [0.5, 0.6) is 17.2 Å². The number of alkyl halides is 3. The third-order valence-corrected chi connectivity index (χ3v) is 2.34. The summed E-state index contributed by atoms with van der Waals surface area (Å²) >= 11 is 0. The van der Waals surface area contributed by atoms with Crippen molar-refractivity contribution in [3.05, 3.63) is 17.7 Å². The van der Waals surface area contributed by atoms with Crippen molar-refractivity contribution in [3.8, 4) is 17.2 Å². The molecule has 0 bridgehead atoms. The Bertz CT molecular complexity index is 450. The van der Waals surface area contributed by atoms with Gasteiger partial charge in [-0.15, -0.1) is 0 Å². The Balaban J connectivity index is 1.96. The summed E-state index contributed by atoms with van der Waals surface area (Å²) in [4.78, 5) is 0. The van der Waals surface area contributed by atoms with E-state index in [1.54, 1.807) is 6.07 Å². The zero-order valence-corrected chi connectivity index (χ0v) is 9.83. The molecular weight excluding hydrogens is 267 g/mol. The molecule has 0 unspecified atom stereocenters. The van der Waals surface area contributed by atoms with Gasteiger partial charge in [0.2, 0.25) is 6.79 Å². The molecule has 0 atom stereocenters. The maximum Gasteiger partial charge on any atom is 0.411 e. The van der Waals surface area contributed by atoms with Gasteiger partial charge in [-0.25, -0.2) is 0 Å². The summed E-state index contributed by atoms with van der Waals surface area (Å²) in [6.45, 7) is -1.64. The molecule has 1 heterocycles. The van der Waals surface area contributed by atoms with E-state index < -0.39 is 19.6 Å². The van der Waals surface area contributed by atoms with Crippen molar-refractivity contribution >= 4 is 0 Å². The Kier molecular flexibility index (Phi) is 4.01. The maximum atomic E-state index is 11.9. The predicted octanol–water partition coefficient (Wildman–Crippen LogP) is 1.79. The van der Waals surface area contributed by atoms with E-state index in [2.05, 4.69) is 4.74 Å². The molecule has 0 saturated heterocycles. The molecule has 106 valence electrons. The summed E-state index contributed by atoms with van der Waals surface area (Å²) in [6.07, 6.45) is -4.38. The van der Waals surface area contributed by atoms with Gasteiger partial charge < -0.3 is 24.7 Å². The molecule has 1 aliphatic rings. The van der Waals surface area contributed by atoms with E-state index in [9.17, 15) is 13.2 Å². The fourth-order valence-corrected chi connectivity index (χ4v) is 1.52. The molecule has 2 rings (SSSR count). The van der Waals surface area contributed by atoms with Gasteiger partial charge in [0.15, 0.2) is 18.3 Å². The molecule has 1 aliphatic heterocycles. The monoisotopic (exact) mass is 279 g/mol. The standard InChI is InChI=1S/C11H12F3NO4/c12-11(13,14)4-16-5-17-8-2-10-9(18-6-19-10)1-7(8)3-15/h1-2H,3-6,15H2. The molecule has 0 amide bonds. The lowest BCUT2D eigenvalue weighted by Gasteiger charge is -2.12. The van der Waals surface area contributed by atoms with E-state index in [1.165, 1.54) is 6.07 Å². The number of hydrogen-bond donors (Lipinski definition) is 1. The molecule has 2 N–H and O–H groups in total. The lowest BCUT2D eigenvalue weighted by Crippen LogP contribution is -2.19. The Morgan fingerprint density at radius 3 is 2.53 bits per heavy atom. The quantitative estimate of drug-likeness (QED) is 0.657. The zero-order chi connectivity index (χ0) is 13.9. The molecule has 0 aromatic heterocycles. The molecule has 0 fully saturated rings. The number of hydrogen-bond acceptors (Lipinski definition) is 5. The molecule has 19 heavy (non-hydrogen) atoms. The minimum Gasteiger partial charge on any atom is -0.467 e. The van der Waals surface area contributed by atoms with Crippen LogP contribution in [0.4, 0.5) is 13.2 Å². The lowest BCUT2D eigenvalue weighted by atomic mass is 10.2. The molecular formula is C11H12F3NO4. The van der Waals surface area contributed by atoms with Gasteiger partial charge >= 0.3 is 6.18 Å². The normalized spacial score (nSPS) is 13.7. The average molecular weight is 279 g/mol. The van der Waals surface area contributed by atoms with Gasteiger partial charge in [0.1, 0.15) is 12.4 Å². The molecule has 1 aromatic carbocycles. The fraction of sp³-hybridized carbons (Fsp3) is 0.455. The van der Waals surface area contributed by atoms with Crippen molar-refractivity contribution in [1.29, 1.82) is 0 Å². The smallest absolute Gasteiger partial charge is 0.411 e. The number of fused-ring (bicyclic) bond motifs is 1. The molecule has 1 aromatic rings. The fourth-order valence-electron chi connectivity index (χ4n) is 1.52. The van der Waals surface area contributed by atoms with E-state index in [4.69, 9.17) is 19.9 Å². The van der Waals surface area contributed by atoms with Crippen molar-refractivity contribution in [3.63, 3.8) is 0 Å². The first-order valence-electron chi connectivity index (χ1n) is 5.39. The van der Waals surface area contributed by atoms with E-state index in [1.807, 2.05) is 0 Å². The van der Waals surface area contributed by atoms with E-state index in [-0.39, 0.29) is 13.3 Å². The number of benzene rings is 1. The number of nitrogens with two attached hydrogens (primary N) is 1. The average Bonchev–Trinajstić information content (AvgIpc) is 2.79. The second-order valence-electron chi connectivity index (χ2n) is 3.74. The van der Waals surface area contributed by atoms with Crippen LogP contribution in [0.1, 0.15) is 5.56 Å². The summed E-state index contributed by atoms with van der Waals surface area (Å²) in [7, 11) is 0. The van der Waals surface area contributed by atoms with Gasteiger partial charge in [-0.2, -0.15) is 13.2 Å². The Morgan fingerprint density at radius 2 is 1.89 bits per heavy atom. The second-order valence-corrected chi connectivity index (χ2v) is 3.74. The lowest BCUT2D eigenvalue weighted by molar-refractivity contribution is -0.186. The number of rotatable bonds is 5. The van der Waals surface area contributed by atoms with Crippen LogP contribution in [0.2, 0.25) is 0 Å². The first-order valence-corrected chi connectivity index (χ1v) is 5.39. The van der Waals surface area contributed by atoms with Crippen molar-refractivity contribution in [1.82, 2.24) is 0 Å². The second kappa shape index (κ2) is 5.54. The van der Waals surface area contributed by atoms with Gasteiger partial charge in [-0.3, -0.25) is 0 Å². The highest BCUT2D eigenvalue weighted by molar-refractivity contribution is 5.51. The molecule has 0 saturated carbocycles. The molecule has 5 nitrogen and oxygen atoms in total. The summed E-state index contributed by atoms with van der Waals surface area (Å²) in [6, 6.07) is 3.14. The SMILES string of the molecule is NCc1cc2c(cc1OCOCC(F)(F)F)OCO2. The van der Waals surface area contributed by atoms with Crippen LogP contribution in [-0.4, -0.2) is 26.4 Å². The minimum atomic E-state index is -4.38. The van der Waals surface area contributed by atoms with Gasteiger partial charge in [-0.1, -0.05) is 0 Å². The first kappa shape index (κ1) is 13.8. The Labute approximate surface area is 107 Å². The Morgan fingerprint density at radius 1 is 1.21 bits per heavy atom. The van der Waals surface area contributed by atoms with Crippen LogP contribution in [0.25, 0.3) is 0 Å². The molecule has 0 radical (unpaired) electrons. The van der Waals surface area contributed by atoms with Crippen molar-refractivity contribution in [2.24, 2.45) is 5.73 Å². The van der Waals surface area contributed by atoms with E-state index >= 15 is 0 Å². The molecule has 0 aliphatic carbocycles.